The number of ketones is 1. The summed E-state index contributed by atoms with van der Waals surface area (Å²) in [6, 6.07) is 8.59. The first-order chi connectivity index (χ1) is 12.6. The van der Waals surface area contributed by atoms with Crippen LogP contribution >= 0.6 is 0 Å². The number of alkyl halides is 3. The second-order valence-electron chi connectivity index (χ2n) is 5.60. The third-order valence-electron chi connectivity index (χ3n) is 3.69. The number of primary amides is 1. The summed E-state index contributed by atoms with van der Waals surface area (Å²) in [4.78, 5) is 35.5. The van der Waals surface area contributed by atoms with Crippen LogP contribution in [0.1, 0.15) is 21.5 Å². The van der Waals surface area contributed by atoms with Crippen molar-refractivity contribution >= 4 is 17.6 Å². The first-order valence-electron chi connectivity index (χ1n) is 7.65. The SMILES string of the molecule is NC(=O)C(=O)[C@H](Cc1ccccc1)NC(=O)c1c(F)cccc1C(F)(F)F. The summed E-state index contributed by atoms with van der Waals surface area (Å²) in [7, 11) is 0. The van der Waals surface area contributed by atoms with Gasteiger partial charge in [-0.3, -0.25) is 14.4 Å². The molecule has 0 heterocycles. The van der Waals surface area contributed by atoms with E-state index in [1.54, 1.807) is 30.3 Å². The van der Waals surface area contributed by atoms with Gasteiger partial charge in [0.15, 0.2) is 0 Å². The molecule has 0 fully saturated rings. The van der Waals surface area contributed by atoms with Crippen molar-refractivity contribution < 1.29 is 31.9 Å². The van der Waals surface area contributed by atoms with Gasteiger partial charge in [-0.2, -0.15) is 13.2 Å². The molecular formula is C18H14F4N2O3. The van der Waals surface area contributed by atoms with Crippen molar-refractivity contribution in [1.29, 1.82) is 0 Å². The molecule has 2 aromatic carbocycles. The lowest BCUT2D eigenvalue weighted by molar-refractivity contribution is -0.138. The van der Waals surface area contributed by atoms with Gasteiger partial charge in [0.25, 0.3) is 11.8 Å². The second kappa shape index (κ2) is 7.98. The van der Waals surface area contributed by atoms with Crippen LogP contribution in [0.2, 0.25) is 0 Å². The highest BCUT2D eigenvalue weighted by Crippen LogP contribution is 2.33. The van der Waals surface area contributed by atoms with Crippen molar-refractivity contribution in [2.75, 3.05) is 0 Å². The Morgan fingerprint density at radius 1 is 1.00 bits per heavy atom. The molecule has 0 unspecified atom stereocenters. The van der Waals surface area contributed by atoms with E-state index in [9.17, 15) is 31.9 Å². The van der Waals surface area contributed by atoms with Crippen LogP contribution in [0.4, 0.5) is 17.6 Å². The highest BCUT2D eigenvalue weighted by Gasteiger charge is 2.37. The van der Waals surface area contributed by atoms with Gasteiger partial charge in [-0.1, -0.05) is 36.4 Å². The molecule has 142 valence electrons. The lowest BCUT2D eigenvalue weighted by Gasteiger charge is -2.19. The van der Waals surface area contributed by atoms with Crippen molar-refractivity contribution in [3.8, 4) is 0 Å². The molecule has 0 saturated carbocycles. The summed E-state index contributed by atoms with van der Waals surface area (Å²) in [5, 5.41) is 1.99. The van der Waals surface area contributed by atoms with Crippen molar-refractivity contribution in [1.82, 2.24) is 5.32 Å². The van der Waals surface area contributed by atoms with Crippen LogP contribution in [0.25, 0.3) is 0 Å². The highest BCUT2D eigenvalue weighted by atomic mass is 19.4. The first-order valence-corrected chi connectivity index (χ1v) is 7.65. The molecule has 1 atom stereocenters. The molecular weight excluding hydrogens is 368 g/mol. The number of nitrogens with one attached hydrogen (secondary N) is 1. The topological polar surface area (TPSA) is 89.3 Å². The Hall–Kier alpha value is -3.23. The molecule has 0 aromatic heterocycles. The molecule has 9 heteroatoms. The van der Waals surface area contributed by atoms with Gasteiger partial charge in [0, 0.05) is 6.42 Å². The smallest absolute Gasteiger partial charge is 0.363 e. The molecule has 2 amide bonds. The number of hydrogen-bond donors (Lipinski definition) is 2. The van der Waals surface area contributed by atoms with Crippen molar-refractivity contribution in [2.45, 2.75) is 18.6 Å². The Morgan fingerprint density at radius 2 is 1.63 bits per heavy atom. The molecule has 0 aliphatic heterocycles. The van der Waals surface area contributed by atoms with E-state index in [1.165, 1.54) is 0 Å². The van der Waals surface area contributed by atoms with Crippen LogP contribution in [0.3, 0.4) is 0 Å². The Kier molecular flexibility index (Phi) is 5.94. The minimum Gasteiger partial charge on any atom is -0.363 e. The number of hydrogen-bond acceptors (Lipinski definition) is 3. The van der Waals surface area contributed by atoms with E-state index in [2.05, 4.69) is 0 Å². The summed E-state index contributed by atoms with van der Waals surface area (Å²) in [6.07, 6.45) is -5.19. The van der Waals surface area contributed by atoms with E-state index in [4.69, 9.17) is 5.73 Å². The molecule has 0 bridgehead atoms. The minimum atomic E-state index is -4.99. The third-order valence-corrected chi connectivity index (χ3v) is 3.69. The predicted molar refractivity (Wildman–Crippen MR) is 87.0 cm³/mol. The minimum absolute atomic E-state index is 0.204. The maximum Gasteiger partial charge on any atom is 0.417 e. The van der Waals surface area contributed by atoms with Gasteiger partial charge in [-0.05, 0) is 17.7 Å². The third kappa shape index (κ3) is 4.90. The molecule has 0 aliphatic carbocycles. The summed E-state index contributed by atoms with van der Waals surface area (Å²) in [5.74, 6) is -5.47. The predicted octanol–water partition coefficient (Wildman–Crippen LogP) is 2.24. The largest absolute Gasteiger partial charge is 0.417 e. The normalized spacial score (nSPS) is 12.3. The monoisotopic (exact) mass is 382 g/mol. The average molecular weight is 382 g/mol. The van der Waals surface area contributed by atoms with Gasteiger partial charge in [0.05, 0.1) is 11.1 Å². The zero-order valence-corrected chi connectivity index (χ0v) is 13.7. The maximum absolute atomic E-state index is 13.9. The summed E-state index contributed by atoms with van der Waals surface area (Å²) >= 11 is 0. The van der Waals surface area contributed by atoms with Gasteiger partial charge < -0.3 is 11.1 Å². The molecule has 0 radical (unpaired) electrons. The number of rotatable bonds is 6. The summed E-state index contributed by atoms with van der Waals surface area (Å²) in [6.45, 7) is 0. The average Bonchev–Trinajstić information content (AvgIpc) is 2.60. The van der Waals surface area contributed by atoms with Crippen LogP contribution in [-0.4, -0.2) is 23.6 Å². The number of carbonyl (C=O) groups excluding carboxylic acids is 3. The summed E-state index contributed by atoms with van der Waals surface area (Å²) < 4.78 is 53.1. The van der Waals surface area contributed by atoms with Crippen LogP contribution in [0.5, 0.6) is 0 Å². The maximum atomic E-state index is 13.9. The fourth-order valence-corrected chi connectivity index (χ4v) is 2.45. The van der Waals surface area contributed by atoms with E-state index < -0.39 is 46.8 Å². The molecule has 0 saturated heterocycles. The lowest BCUT2D eigenvalue weighted by Crippen LogP contribution is -2.47. The van der Waals surface area contributed by atoms with Crippen LogP contribution in [-0.2, 0) is 22.2 Å². The van der Waals surface area contributed by atoms with E-state index in [-0.39, 0.29) is 6.42 Å². The molecule has 3 N–H and O–H groups in total. The summed E-state index contributed by atoms with van der Waals surface area (Å²) in [5.41, 5.74) is 2.70. The zero-order chi connectivity index (χ0) is 20.2. The van der Waals surface area contributed by atoms with Crippen LogP contribution in [0.15, 0.2) is 48.5 Å². The van der Waals surface area contributed by atoms with Gasteiger partial charge in [0.1, 0.15) is 11.9 Å². The Labute approximate surface area is 151 Å². The van der Waals surface area contributed by atoms with Gasteiger partial charge in [-0.15, -0.1) is 0 Å². The van der Waals surface area contributed by atoms with Crippen LogP contribution < -0.4 is 11.1 Å². The number of carbonyl (C=O) groups is 3. The molecule has 0 aliphatic rings. The Morgan fingerprint density at radius 3 is 2.19 bits per heavy atom. The molecule has 2 rings (SSSR count). The fourth-order valence-electron chi connectivity index (χ4n) is 2.45. The van der Waals surface area contributed by atoms with Crippen LogP contribution in [0, 0.1) is 5.82 Å². The number of Topliss-reactive ketones (excluding diaryl/α,β-unsaturated/α-hetero) is 1. The van der Waals surface area contributed by atoms with E-state index >= 15 is 0 Å². The van der Waals surface area contributed by atoms with E-state index in [0.29, 0.717) is 17.7 Å². The highest BCUT2D eigenvalue weighted by molar-refractivity contribution is 6.38. The van der Waals surface area contributed by atoms with Crippen molar-refractivity contribution in [2.24, 2.45) is 5.73 Å². The molecule has 0 spiro atoms. The van der Waals surface area contributed by atoms with Gasteiger partial charge in [-0.25, -0.2) is 4.39 Å². The van der Waals surface area contributed by atoms with Crippen molar-refractivity contribution in [3.05, 3.63) is 71.0 Å². The quantitative estimate of drug-likeness (QED) is 0.593. The van der Waals surface area contributed by atoms with Gasteiger partial charge in [0.2, 0.25) is 5.78 Å². The molecule has 5 nitrogen and oxygen atoms in total. The number of halogens is 4. The van der Waals surface area contributed by atoms with E-state index in [0.717, 1.165) is 6.07 Å². The Balaban J connectivity index is 2.37. The van der Waals surface area contributed by atoms with E-state index in [1.807, 2.05) is 5.32 Å². The fraction of sp³-hybridized carbons (Fsp3) is 0.167. The molecule has 2 aromatic rings. The zero-order valence-electron chi connectivity index (χ0n) is 13.7. The Bertz CT molecular complexity index is 867. The second-order valence-corrected chi connectivity index (χ2v) is 5.60. The number of benzene rings is 2. The first kappa shape index (κ1) is 20.1. The lowest BCUT2D eigenvalue weighted by atomic mass is 10.00. The number of amides is 2. The standard InChI is InChI=1S/C18H14F4N2O3/c19-12-8-4-7-11(18(20,21)22)14(12)17(27)24-13(15(25)16(23)26)9-10-5-2-1-3-6-10/h1-8,13H,9H2,(H2,23,26)(H,24,27)/t13-/m0/s1. The van der Waals surface area contributed by atoms with Crippen molar-refractivity contribution in [3.63, 3.8) is 0 Å². The number of nitrogens with two attached hydrogens (primary N) is 1. The van der Waals surface area contributed by atoms with Gasteiger partial charge >= 0.3 is 6.18 Å². The molecule has 27 heavy (non-hydrogen) atoms.